The molecule has 1 aromatic rings. The van der Waals surface area contributed by atoms with Crippen LogP contribution in [0, 0.1) is 5.82 Å². The fourth-order valence-electron chi connectivity index (χ4n) is 1.57. The number of methoxy groups -OCH3 is 1. The van der Waals surface area contributed by atoms with E-state index in [4.69, 9.17) is 9.84 Å². The molecule has 1 aromatic carbocycles. The highest BCUT2D eigenvalue weighted by atomic mass is 19.1. The molecule has 0 aromatic heterocycles. The van der Waals surface area contributed by atoms with E-state index in [9.17, 15) is 14.0 Å². The van der Waals surface area contributed by atoms with Crippen molar-refractivity contribution in [2.75, 3.05) is 12.4 Å². The second kappa shape index (κ2) is 6.99. The highest BCUT2D eigenvalue weighted by Gasteiger charge is 2.21. The van der Waals surface area contributed by atoms with E-state index in [1.807, 2.05) is 0 Å². The number of aliphatic carboxylic acids is 1. The van der Waals surface area contributed by atoms with Gasteiger partial charge in [-0.3, -0.25) is 4.79 Å². The van der Waals surface area contributed by atoms with Gasteiger partial charge in [0.25, 0.3) is 0 Å². The Morgan fingerprint density at radius 2 is 2.10 bits per heavy atom. The minimum atomic E-state index is -1.18. The number of hydrogen-bond donors (Lipinski definition) is 2. The van der Waals surface area contributed by atoms with E-state index in [1.165, 1.54) is 25.3 Å². The number of rotatable bonds is 6. The average molecular weight is 295 g/mol. The van der Waals surface area contributed by atoms with E-state index < -0.39 is 17.4 Å². The Balaban J connectivity index is 2.83. The van der Waals surface area contributed by atoms with Crippen LogP contribution in [0.1, 0.15) is 25.8 Å². The minimum Gasteiger partial charge on any atom is -0.478 e. The zero-order chi connectivity index (χ0) is 16.0. The number of benzene rings is 1. The van der Waals surface area contributed by atoms with Gasteiger partial charge in [0.1, 0.15) is 5.82 Å². The van der Waals surface area contributed by atoms with Crippen molar-refractivity contribution in [3.05, 3.63) is 35.7 Å². The topological polar surface area (TPSA) is 75.6 Å². The van der Waals surface area contributed by atoms with Gasteiger partial charge in [-0.1, -0.05) is 0 Å². The zero-order valence-corrected chi connectivity index (χ0v) is 12.1. The van der Waals surface area contributed by atoms with E-state index in [1.54, 1.807) is 13.8 Å². The third-order valence-electron chi connectivity index (χ3n) is 2.82. The molecule has 21 heavy (non-hydrogen) atoms. The number of nitrogens with one attached hydrogen (secondary N) is 1. The fraction of sp³-hybridized carbons (Fsp3) is 0.333. The second-order valence-corrected chi connectivity index (χ2v) is 5.10. The standard InChI is InChI=1S/C15H18FNO4/c1-15(2,21-3)9-13(18)17-11-5-6-12(16)10(8-11)4-7-14(19)20/h4-8H,9H2,1-3H3,(H,17,18)(H,19,20)/b7-4+. The van der Waals surface area contributed by atoms with Gasteiger partial charge in [0, 0.05) is 24.4 Å². The number of hydrogen-bond acceptors (Lipinski definition) is 3. The Morgan fingerprint density at radius 3 is 2.67 bits per heavy atom. The number of carbonyl (C=O) groups is 2. The van der Waals surface area contributed by atoms with Gasteiger partial charge in [-0.15, -0.1) is 0 Å². The van der Waals surface area contributed by atoms with Crippen molar-refractivity contribution in [2.24, 2.45) is 0 Å². The predicted octanol–water partition coefficient (Wildman–Crippen LogP) is 2.68. The summed E-state index contributed by atoms with van der Waals surface area (Å²) in [5, 5.41) is 11.2. The van der Waals surface area contributed by atoms with E-state index in [0.29, 0.717) is 5.69 Å². The summed E-state index contributed by atoms with van der Waals surface area (Å²) >= 11 is 0. The van der Waals surface area contributed by atoms with Crippen molar-refractivity contribution in [1.82, 2.24) is 0 Å². The van der Waals surface area contributed by atoms with Crippen LogP contribution in [0.5, 0.6) is 0 Å². The summed E-state index contributed by atoms with van der Waals surface area (Å²) in [6, 6.07) is 3.94. The molecule has 0 aliphatic carbocycles. The van der Waals surface area contributed by atoms with Gasteiger partial charge in [0.05, 0.1) is 12.0 Å². The number of carboxylic acid groups (broad SMARTS) is 1. The summed E-state index contributed by atoms with van der Waals surface area (Å²) in [7, 11) is 1.51. The van der Waals surface area contributed by atoms with Gasteiger partial charge in [0.15, 0.2) is 0 Å². The fourth-order valence-corrected chi connectivity index (χ4v) is 1.57. The van der Waals surface area contributed by atoms with Gasteiger partial charge in [-0.2, -0.15) is 0 Å². The molecule has 1 rings (SSSR count). The number of carboxylic acids is 1. The normalized spacial score (nSPS) is 11.6. The maximum Gasteiger partial charge on any atom is 0.328 e. The first kappa shape index (κ1) is 16.8. The largest absolute Gasteiger partial charge is 0.478 e. The molecule has 0 spiro atoms. The van der Waals surface area contributed by atoms with Crippen LogP contribution < -0.4 is 5.32 Å². The number of anilines is 1. The van der Waals surface area contributed by atoms with E-state index in [-0.39, 0.29) is 17.9 Å². The monoisotopic (exact) mass is 295 g/mol. The molecule has 0 heterocycles. The van der Waals surface area contributed by atoms with Gasteiger partial charge >= 0.3 is 5.97 Å². The molecule has 0 unspecified atom stereocenters. The van der Waals surface area contributed by atoms with Gasteiger partial charge < -0.3 is 15.2 Å². The van der Waals surface area contributed by atoms with Gasteiger partial charge in [-0.05, 0) is 38.1 Å². The van der Waals surface area contributed by atoms with Crippen LogP contribution in [0.15, 0.2) is 24.3 Å². The first-order valence-corrected chi connectivity index (χ1v) is 6.29. The average Bonchev–Trinajstić information content (AvgIpc) is 2.38. The minimum absolute atomic E-state index is 0.0844. The Labute approximate surface area is 122 Å². The van der Waals surface area contributed by atoms with Crippen LogP contribution in [0.2, 0.25) is 0 Å². The van der Waals surface area contributed by atoms with Crippen molar-refractivity contribution < 1.29 is 23.8 Å². The zero-order valence-electron chi connectivity index (χ0n) is 12.1. The van der Waals surface area contributed by atoms with Crippen molar-refractivity contribution >= 4 is 23.6 Å². The molecule has 0 radical (unpaired) electrons. The SMILES string of the molecule is COC(C)(C)CC(=O)Nc1ccc(F)c(/C=C/C(=O)O)c1. The molecule has 0 aliphatic heterocycles. The van der Waals surface area contributed by atoms with E-state index >= 15 is 0 Å². The molecule has 114 valence electrons. The Hall–Kier alpha value is -2.21. The molecule has 2 N–H and O–H groups in total. The lowest BCUT2D eigenvalue weighted by Gasteiger charge is -2.22. The van der Waals surface area contributed by atoms with Crippen molar-refractivity contribution in [3.63, 3.8) is 0 Å². The van der Waals surface area contributed by atoms with Crippen LogP contribution in [0.25, 0.3) is 6.08 Å². The van der Waals surface area contributed by atoms with Crippen LogP contribution in [-0.4, -0.2) is 29.7 Å². The lowest BCUT2D eigenvalue weighted by molar-refractivity contribution is -0.131. The van der Waals surface area contributed by atoms with Crippen molar-refractivity contribution in [1.29, 1.82) is 0 Å². The van der Waals surface area contributed by atoms with Crippen LogP contribution in [-0.2, 0) is 14.3 Å². The number of ether oxygens (including phenoxy) is 1. The second-order valence-electron chi connectivity index (χ2n) is 5.10. The van der Waals surface area contributed by atoms with Gasteiger partial charge in [0.2, 0.25) is 5.91 Å². The molecule has 0 aliphatic rings. The van der Waals surface area contributed by atoms with Crippen LogP contribution in [0.3, 0.4) is 0 Å². The Bertz CT molecular complexity index is 567. The molecule has 1 amide bonds. The molecule has 0 saturated heterocycles. The molecule has 0 saturated carbocycles. The molecule has 0 bridgehead atoms. The van der Waals surface area contributed by atoms with Crippen molar-refractivity contribution in [3.8, 4) is 0 Å². The van der Waals surface area contributed by atoms with E-state index in [2.05, 4.69) is 5.32 Å². The predicted molar refractivity (Wildman–Crippen MR) is 77.4 cm³/mol. The Kier molecular flexibility index (Phi) is 5.60. The molecule has 0 atom stereocenters. The first-order valence-electron chi connectivity index (χ1n) is 6.29. The third-order valence-corrected chi connectivity index (χ3v) is 2.82. The number of halogens is 1. The summed E-state index contributed by atoms with van der Waals surface area (Å²) in [5.74, 6) is -2.02. The maximum absolute atomic E-state index is 13.5. The summed E-state index contributed by atoms with van der Waals surface area (Å²) in [6.45, 7) is 3.55. The Morgan fingerprint density at radius 1 is 1.43 bits per heavy atom. The third kappa shape index (κ3) is 5.74. The van der Waals surface area contributed by atoms with Gasteiger partial charge in [-0.25, -0.2) is 9.18 Å². The molecular formula is C15H18FNO4. The molecule has 5 nitrogen and oxygen atoms in total. The lowest BCUT2D eigenvalue weighted by atomic mass is 10.0. The first-order chi connectivity index (χ1) is 9.73. The molecule has 6 heteroatoms. The molecular weight excluding hydrogens is 277 g/mol. The summed E-state index contributed by atoms with van der Waals surface area (Å²) in [5.41, 5.74) is -0.129. The van der Waals surface area contributed by atoms with Crippen LogP contribution in [0.4, 0.5) is 10.1 Å². The molecule has 0 fully saturated rings. The maximum atomic E-state index is 13.5. The summed E-state index contributed by atoms with van der Waals surface area (Å²) in [4.78, 5) is 22.3. The quantitative estimate of drug-likeness (QED) is 0.791. The van der Waals surface area contributed by atoms with E-state index in [0.717, 1.165) is 12.2 Å². The highest BCUT2D eigenvalue weighted by Crippen LogP contribution is 2.18. The summed E-state index contributed by atoms with van der Waals surface area (Å²) < 4.78 is 18.7. The van der Waals surface area contributed by atoms with Crippen LogP contribution >= 0.6 is 0 Å². The van der Waals surface area contributed by atoms with Crippen molar-refractivity contribution in [2.45, 2.75) is 25.9 Å². The highest BCUT2D eigenvalue weighted by molar-refractivity contribution is 5.92. The number of amides is 1. The smallest absolute Gasteiger partial charge is 0.328 e. The lowest BCUT2D eigenvalue weighted by Crippen LogP contribution is -2.29. The number of carbonyl (C=O) groups excluding carboxylic acids is 1. The summed E-state index contributed by atoms with van der Waals surface area (Å²) in [6.07, 6.45) is 2.10.